The van der Waals surface area contributed by atoms with Crippen LogP contribution >= 0.6 is 0 Å². The molecule has 3 N–H and O–H groups in total. The summed E-state index contributed by atoms with van der Waals surface area (Å²) in [6.45, 7) is 4.01. The molecule has 4 rings (SSSR count). The van der Waals surface area contributed by atoms with Crippen LogP contribution in [0.15, 0.2) is 29.1 Å². The third kappa shape index (κ3) is 4.10. The maximum absolute atomic E-state index is 12.8. The number of nitrogens with one attached hydrogen (secondary N) is 1. The number of ether oxygens (including phenoxy) is 3. The van der Waals surface area contributed by atoms with E-state index in [1.165, 1.54) is 7.11 Å². The first-order valence-electron chi connectivity index (χ1n) is 10.6. The van der Waals surface area contributed by atoms with Crippen molar-refractivity contribution >= 4 is 10.9 Å². The second-order valence-electron chi connectivity index (χ2n) is 8.18. The van der Waals surface area contributed by atoms with Crippen LogP contribution in [0.1, 0.15) is 36.8 Å². The van der Waals surface area contributed by atoms with E-state index in [-0.39, 0.29) is 17.7 Å². The summed E-state index contributed by atoms with van der Waals surface area (Å²) in [4.78, 5) is 20.4. The van der Waals surface area contributed by atoms with Gasteiger partial charge in [-0.1, -0.05) is 6.42 Å². The fraction of sp³-hybridized carbons (Fsp3) is 0.417. The van der Waals surface area contributed by atoms with Crippen molar-refractivity contribution in [3.8, 4) is 28.6 Å². The fourth-order valence-corrected chi connectivity index (χ4v) is 4.32. The van der Waals surface area contributed by atoms with Crippen LogP contribution in [0.4, 0.5) is 0 Å². The molecule has 3 aromatic rings. The Morgan fingerprint density at radius 1 is 1.03 bits per heavy atom. The maximum Gasteiger partial charge on any atom is 0.262 e. The molecule has 7 heteroatoms. The number of benzene rings is 2. The zero-order chi connectivity index (χ0) is 22.1. The van der Waals surface area contributed by atoms with Crippen molar-refractivity contribution in [2.24, 2.45) is 5.73 Å². The molecule has 1 heterocycles. The molecule has 1 saturated carbocycles. The standard InChI is InChI=1S/C24H29N3O4/c1-13-9-15(10-14(2)22(13)31-19-8-6-5-7-17(19)25)23-26-18-11-16(29-3)12-20(30-4)21(18)24(28)27-23/h9-12,17,19H,5-8,25H2,1-4H3,(H,26,27,28). The largest absolute Gasteiger partial charge is 0.497 e. The second kappa shape index (κ2) is 8.59. The number of nitrogens with two attached hydrogens (primary N) is 1. The van der Waals surface area contributed by atoms with Gasteiger partial charge in [-0.05, 0) is 56.4 Å². The van der Waals surface area contributed by atoms with Gasteiger partial charge in [-0.25, -0.2) is 4.98 Å². The summed E-state index contributed by atoms with van der Waals surface area (Å²) in [6.07, 6.45) is 4.31. The van der Waals surface area contributed by atoms with Crippen LogP contribution < -0.4 is 25.5 Å². The first-order valence-corrected chi connectivity index (χ1v) is 10.6. The average Bonchev–Trinajstić information content (AvgIpc) is 2.76. The molecule has 2 unspecified atom stereocenters. The molecule has 0 aliphatic heterocycles. The van der Waals surface area contributed by atoms with E-state index in [1.54, 1.807) is 19.2 Å². The maximum atomic E-state index is 12.8. The average molecular weight is 424 g/mol. The lowest BCUT2D eigenvalue weighted by Crippen LogP contribution is -2.41. The number of aromatic amines is 1. The molecule has 1 aliphatic carbocycles. The number of aryl methyl sites for hydroxylation is 2. The number of methoxy groups -OCH3 is 2. The van der Waals surface area contributed by atoms with Crippen molar-refractivity contribution in [3.63, 3.8) is 0 Å². The van der Waals surface area contributed by atoms with Crippen molar-refractivity contribution in [1.29, 1.82) is 0 Å². The van der Waals surface area contributed by atoms with Gasteiger partial charge >= 0.3 is 0 Å². The van der Waals surface area contributed by atoms with E-state index in [0.717, 1.165) is 48.1 Å². The molecular weight excluding hydrogens is 394 g/mol. The predicted octanol–water partition coefficient (Wildman–Crippen LogP) is 3.87. The minimum Gasteiger partial charge on any atom is -0.497 e. The van der Waals surface area contributed by atoms with Gasteiger partial charge in [-0.3, -0.25) is 4.79 Å². The van der Waals surface area contributed by atoms with Crippen LogP contribution in [-0.4, -0.2) is 36.3 Å². The Hall–Kier alpha value is -3.06. The minimum absolute atomic E-state index is 0.0375. The zero-order valence-electron chi connectivity index (χ0n) is 18.5. The van der Waals surface area contributed by atoms with Gasteiger partial charge in [-0.2, -0.15) is 0 Å². The van der Waals surface area contributed by atoms with Crippen LogP contribution in [0, 0.1) is 13.8 Å². The molecule has 2 aromatic carbocycles. The van der Waals surface area contributed by atoms with E-state index in [9.17, 15) is 4.79 Å². The molecule has 1 aliphatic rings. The van der Waals surface area contributed by atoms with Gasteiger partial charge < -0.3 is 24.9 Å². The molecule has 0 radical (unpaired) electrons. The monoisotopic (exact) mass is 423 g/mol. The Morgan fingerprint density at radius 2 is 1.74 bits per heavy atom. The van der Waals surface area contributed by atoms with Gasteiger partial charge in [0, 0.05) is 23.7 Å². The van der Waals surface area contributed by atoms with Crippen molar-refractivity contribution in [1.82, 2.24) is 9.97 Å². The number of nitrogens with zero attached hydrogens (tertiary/aromatic N) is 1. The van der Waals surface area contributed by atoms with Gasteiger partial charge in [0.1, 0.15) is 34.6 Å². The van der Waals surface area contributed by atoms with Crippen molar-refractivity contribution in [2.75, 3.05) is 14.2 Å². The lowest BCUT2D eigenvalue weighted by atomic mass is 9.93. The Bertz CT molecular complexity index is 1150. The third-order valence-corrected chi connectivity index (χ3v) is 5.96. The molecule has 1 fully saturated rings. The minimum atomic E-state index is -0.261. The van der Waals surface area contributed by atoms with Crippen LogP contribution in [0.25, 0.3) is 22.3 Å². The van der Waals surface area contributed by atoms with Crippen LogP contribution in [0.3, 0.4) is 0 Å². The molecule has 1 aromatic heterocycles. The van der Waals surface area contributed by atoms with Crippen LogP contribution in [0.2, 0.25) is 0 Å². The Morgan fingerprint density at radius 3 is 2.39 bits per heavy atom. The predicted molar refractivity (Wildman–Crippen MR) is 121 cm³/mol. The lowest BCUT2D eigenvalue weighted by molar-refractivity contribution is 0.130. The van der Waals surface area contributed by atoms with E-state index in [0.29, 0.717) is 28.2 Å². The summed E-state index contributed by atoms with van der Waals surface area (Å²) >= 11 is 0. The van der Waals surface area contributed by atoms with E-state index < -0.39 is 0 Å². The number of hydrogen-bond acceptors (Lipinski definition) is 6. The lowest BCUT2D eigenvalue weighted by Gasteiger charge is -2.30. The second-order valence-corrected chi connectivity index (χ2v) is 8.18. The topological polar surface area (TPSA) is 99.5 Å². The van der Waals surface area contributed by atoms with E-state index in [4.69, 9.17) is 19.9 Å². The highest BCUT2D eigenvalue weighted by molar-refractivity contribution is 5.87. The highest BCUT2D eigenvalue weighted by Gasteiger charge is 2.25. The first kappa shape index (κ1) is 21.2. The zero-order valence-corrected chi connectivity index (χ0v) is 18.5. The normalized spacial score (nSPS) is 18.7. The summed E-state index contributed by atoms with van der Waals surface area (Å²) in [5.41, 5.74) is 9.31. The molecule has 0 bridgehead atoms. The van der Waals surface area contributed by atoms with Gasteiger partial charge in [0.15, 0.2) is 0 Å². The smallest absolute Gasteiger partial charge is 0.262 e. The molecule has 0 saturated heterocycles. The molecule has 0 spiro atoms. The Kier molecular flexibility index (Phi) is 5.87. The van der Waals surface area contributed by atoms with E-state index >= 15 is 0 Å². The quantitative estimate of drug-likeness (QED) is 0.646. The molecule has 7 nitrogen and oxygen atoms in total. The van der Waals surface area contributed by atoms with Crippen molar-refractivity contribution < 1.29 is 14.2 Å². The van der Waals surface area contributed by atoms with E-state index in [1.807, 2.05) is 26.0 Å². The Balaban J connectivity index is 1.75. The summed E-state index contributed by atoms with van der Waals surface area (Å²) in [7, 11) is 3.09. The number of fused-ring (bicyclic) bond motifs is 1. The van der Waals surface area contributed by atoms with Crippen LogP contribution in [-0.2, 0) is 0 Å². The highest BCUT2D eigenvalue weighted by atomic mass is 16.5. The Labute approximate surface area is 181 Å². The van der Waals surface area contributed by atoms with Gasteiger partial charge in [0.25, 0.3) is 5.56 Å². The number of hydrogen-bond donors (Lipinski definition) is 2. The fourth-order valence-electron chi connectivity index (χ4n) is 4.32. The molecule has 164 valence electrons. The molecular formula is C24H29N3O4. The van der Waals surface area contributed by atoms with Gasteiger partial charge in [0.05, 0.1) is 19.7 Å². The van der Waals surface area contributed by atoms with Crippen molar-refractivity contribution in [3.05, 3.63) is 45.7 Å². The van der Waals surface area contributed by atoms with Crippen LogP contribution in [0.5, 0.6) is 17.2 Å². The van der Waals surface area contributed by atoms with Crippen molar-refractivity contribution in [2.45, 2.75) is 51.7 Å². The number of aromatic nitrogens is 2. The molecule has 31 heavy (non-hydrogen) atoms. The molecule has 0 amide bonds. The first-order chi connectivity index (χ1) is 14.9. The third-order valence-electron chi connectivity index (χ3n) is 5.96. The summed E-state index contributed by atoms with van der Waals surface area (Å²) in [5.74, 6) is 2.35. The summed E-state index contributed by atoms with van der Waals surface area (Å²) in [6, 6.07) is 7.44. The van der Waals surface area contributed by atoms with Gasteiger partial charge in [0.2, 0.25) is 0 Å². The number of H-pyrrole nitrogens is 1. The highest BCUT2D eigenvalue weighted by Crippen LogP contribution is 2.33. The summed E-state index contributed by atoms with van der Waals surface area (Å²) < 4.78 is 17.0. The number of rotatable bonds is 5. The van der Waals surface area contributed by atoms with Gasteiger partial charge in [-0.15, -0.1) is 0 Å². The SMILES string of the molecule is COc1cc(OC)c2c(=O)[nH]c(-c3cc(C)c(OC4CCCCC4N)c(C)c3)nc2c1. The summed E-state index contributed by atoms with van der Waals surface area (Å²) in [5, 5.41) is 0.395. The van der Waals surface area contributed by atoms with E-state index in [2.05, 4.69) is 9.97 Å². The molecule has 2 atom stereocenters.